The lowest BCUT2D eigenvalue weighted by Crippen LogP contribution is -2.48. The fraction of sp³-hybridized carbons (Fsp3) is 0.545. The lowest BCUT2D eigenvalue weighted by Gasteiger charge is -2.33. The SMILES string of the molecule is CNC(C)(C)CNCCN(C)[C@H]1COc2ccccc2-c2c(C3CCCCC3)c3ccc(C(=O)OC)cc3n2C1. The van der Waals surface area contributed by atoms with Gasteiger partial charge in [-0.25, -0.2) is 4.79 Å². The third kappa shape index (κ3) is 5.92. The molecular weight excluding hydrogens is 500 g/mol. The standard InChI is InChI=1S/C33H46N4O3/c1-33(2,34-3)22-35-17-18-36(4)25-20-37-28-19-24(32(38)39-5)15-16-26(28)30(23-11-7-6-8-12-23)31(37)27-13-9-10-14-29(27)40-21-25/h9-10,13-16,19,23,25,34-35H,6-8,11-12,17-18,20-22H2,1-5H3/t25-/m1/s1. The molecule has 0 unspecified atom stereocenters. The Labute approximate surface area is 239 Å². The Hall–Kier alpha value is -2.87. The molecule has 0 saturated heterocycles. The Balaban J connectivity index is 1.57. The number of para-hydroxylation sites is 1. The van der Waals surface area contributed by atoms with Gasteiger partial charge < -0.3 is 24.7 Å². The minimum absolute atomic E-state index is 0.0530. The normalized spacial score (nSPS) is 18.1. The fourth-order valence-corrected chi connectivity index (χ4v) is 6.34. The number of hydrogen-bond donors (Lipinski definition) is 2. The maximum atomic E-state index is 12.6. The summed E-state index contributed by atoms with van der Waals surface area (Å²) in [4.78, 5) is 15.0. The number of fused-ring (bicyclic) bond motifs is 5. The second-order valence-electron chi connectivity index (χ2n) is 12.2. The number of likely N-dealkylation sites (N-methyl/N-ethyl adjacent to an activating group) is 2. The molecular formula is C33H46N4O3. The quantitative estimate of drug-likeness (QED) is 0.276. The smallest absolute Gasteiger partial charge is 0.337 e. The summed E-state index contributed by atoms with van der Waals surface area (Å²) in [5.74, 6) is 1.14. The van der Waals surface area contributed by atoms with Crippen molar-refractivity contribution >= 4 is 16.9 Å². The molecule has 2 aromatic carbocycles. The predicted molar refractivity (Wildman–Crippen MR) is 162 cm³/mol. The Morgan fingerprint density at radius 3 is 2.67 bits per heavy atom. The van der Waals surface area contributed by atoms with Crippen molar-refractivity contribution < 1.29 is 14.3 Å². The van der Waals surface area contributed by atoms with Gasteiger partial charge in [-0.15, -0.1) is 0 Å². The van der Waals surface area contributed by atoms with E-state index in [-0.39, 0.29) is 17.6 Å². The summed E-state index contributed by atoms with van der Waals surface area (Å²) in [5, 5.41) is 8.22. The van der Waals surface area contributed by atoms with Crippen LogP contribution in [-0.2, 0) is 11.3 Å². The number of benzene rings is 2. The third-order valence-electron chi connectivity index (χ3n) is 9.01. The van der Waals surface area contributed by atoms with E-state index in [1.54, 1.807) is 0 Å². The van der Waals surface area contributed by atoms with Crippen molar-refractivity contribution in [1.82, 2.24) is 20.1 Å². The predicted octanol–water partition coefficient (Wildman–Crippen LogP) is 5.42. The van der Waals surface area contributed by atoms with E-state index in [1.807, 2.05) is 19.2 Å². The van der Waals surface area contributed by atoms with E-state index in [1.165, 1.54) is 55.9 Å². The largest absolute Gasteiger partial charge is 0.491 e. The highest BCUT2D eigenvalue weighted by Gasteiger charge is 2.31. The van der Waals surface area contributed by atoms with Gasteiger partial charge in [-0.3, -0.25) is 4.90 Å². The summed E-state index contributed by atoms with van der Waals surface area (Å²) in [7, 11) is 5.65. The number of nitrogens with one attached hydrogen (secondary N) is 2. The maximum absolute atomic E-state index is 12.6. The van der Waals surface area contributed by atoms with Crippen LogP contribution in [-0.4, -0.2) is 74.5 Å². The van der Waals surface area contributed by atoms with Gasteiger partial charge in [0.25, 0.3) is 0 Å². The van der Waals surface area contributed by atoms with Crippen molar-refractivity contribution in [2.24, 2.45) is 0 Å². The van der Waals surface area contributed by atoms with Gasteiger partial charge in [-0.2, -0.15) is 0 Å². The molecule has 1 aromatic heterocycles. The number of carbonyl (C=O) groups excluding carboxylic acids is 1. The van der Waals surface area contributed by atoms with Crippen LogP contribution >= 0.6 is 0 Å². The molecule has 2 heterocycles. The van der Waals surface area contributed by atoms with Crippen molar-refractivity contribution in [1.29, 1.82) is 0 Å². The first kappa shape index (κ1) is 28.7. The zero-order valence-corrected chi connectivity index (χ0v) is 24.9. The summed E-state index contributed by atoms with van der Waals surface area (Å²) in [6.07, 6.45) is 6.23. The zero-order valence-electron chi connectivity index (χ0n) is 24.9. The van der Waals surface area contributed by atoms with Crippen molar-refractivity contribution in [2.45, 2.75) is 70.0 Å². The van der Waals surface area contributed by atoms with E-state index >= 15 is 0 Å². The molecule has 2 aliphatic rings. The highest BCUT2D eigenvalue weighted by atomic mass is 16.5. The summed E-state index contributed by atoms with van der Waals surface area (Å²) >= 11 is 0. The number of aromatic nitrogens is 1. The topological polar surface area (TPSA) is 67.8 Å². The van der Waals surface area contributed by atoms with Crippen LogP contribution in [0.2, 0.25) is 0 Å². The van der Waals surface area contributed by atoms with Gasteiger partial charge in [0.2, 0.25) is 0 Å². The average Bonchev–Trinajstić information content (AvgIpc) is 3.28. The van der Waals surface area contributed by atoms with Gasteiger partial charge in [0.1, 0.15) is 12.4 Å². The van der Waals surface area contributed by atoms with E-state index in [4.69, 9.17) is 9.47 Å². The van der Waals surface area contributed by atoms with Crippen LogP contribution in [0.3, 0.4) is 0 Å². The third-order valence-corrected chi connectivity index (χ3v) is 9.01. The minimum atomic E-state index is -0.296. The minimum Gasteiger partial charge on any atom is -0.491 e. The molecule has 1 atom stereocenters. The Morgan fingerprint density at radius 1 is 1.15 bits per heavy atom. The molecule has 0 amide bonds. The zero-order chi connectivity index (χ0) is 28.3. The summed E-state index contributed by atoms with van der Waals surface area (Å²) in [6, 6.07) is 14.8. The number of rotatable bonds is 9. The van der Waals surface area contributed by atoms with Crippen molar-refractivity contribution in [3.05, 3.63) is 53.6 Å². The first-order valence-electron chi connectivity index (χ1n) is 14.9. The van der Waals surface area contributed by atoms with Crippen LogP contribution < -0.4 is 15.4 Å². The van der Waals surface area contributed by atoms with Gasteiger partial charge in [0.15, 0.2) is 0 Å². The van der Waals surface area contributed by atoms with Crippen molar-refractivity contribution in [2.75, 3.05) is 47.4 Å². The van der Waals surface area contributed by atoms with Crippen LogP contribution in [0.5, 0.6) is 5.75 Å². The number of esters is 1. The summed E-state index contributed by atoms with van der Waals surface area (Å²) in [6.45, 7) is 8.50. The van der Waals surface area contributed by atoms with Crippen LogP contribution in [0.4, 0.5) is 0 Å². The molecule has 7 nitrogen and oxygen atoms in total. The second kappa shape index (κ2) is 12.3. The molecule has 0 radical (unpaired) electrons. The number of hydrogen-bond acceptors (Lipinski definition) is 6. The lowest BCUT2D eigenvalue weighted by atomic mass is 9.81. The highest BCUT2D eigenvalue weighted by Crippen LogP contribution is 2.47. The van der Waals surface area contributed by atoms with Gasteiger partial charge in [-0.05, 0) is 76.5 Å². The first-order chi connectivity index (χ1) is 19.3. The molecule has 3 aromatic rings. The van der Waals surface area contributed by atoms with E-state index in [9.17, 15) is 4.79 Å². The lowest BCUT2D eigenvalue weighted by molar-refractivity contribution is 0.0601. The van der Waals surface area contributed by atoms with Crippen LogP contribution in [0.25, 0.3) is 22.2 Å². The number of carbonyl (C=O) groups is 1. The van der Waals surface area contributed by atoms with E-state index in [0.29, 0.717) is 18.1 Å². The molecule has 1 aliphatic heterocycles. The van der Waals surface area contributed by atoms with Gasteiger partial charge in [0.05, 0.1) is 24.4 Å². The Kier molecular flexibility index (Phi) is 8.83. The van der Waals surface area contributed by atoms with E-state index in [0.717, 1.165) is 43.0 Å². The summed E-state index contributed by atoms with van der Waals surface area (Å²) < 4.78 is 14.1. The monoisotopic (exact) mass is 546 g/mol. The van der Waals surface area contributed by atoms with Crippen LogP contribution in [0.15, 0.2) is 42.5 Å². The average molecular weight is 547 g/mol. The van der Waals surface area contributed by atoms with Gasteiger partial charge in [-0.1, -0.05) is 37.5 Å². The van der Waals surface area contributed by atoms with Gasteiger partial charge >= 0.3 is 5.97 Å². The van der Waals surface area contributed by atoms with Crippen LogP contribution in [0, 0.1) is 0 Å². The van der Waals surface area contributed by atoms with E-state index in [2.05, 4.69) is 71.3 Å². The van der Waals surface area contributed by atoms with Crippen LogP contribution in [0.1, 0.15) is 67.8 Å². The molecule has 5 rings (SSSR count). The van der Waals surface area contributed by atoms with Crippen molar-refractivity contribution in [3.63, 3.8) is 0 Å². The molecule has 1 fully saturated rings. The number of ether oxygens (including phenoxy) is 2. The molecule has 0 bridgehead atoms. The molecule has 1 saturated carbocycles. The molecule has 40 heavy (non-hydrogen) atoms. The number of methoxy groups -OCH3 is 1. The fourth-order valence-electron chi connectivity index (χ4n) is 6.34. The second-order valence-corrected chi connectivity index (χ2v) is 12.2. The summed E-state index contributed by atoms with van der Waals surface area (Å²) in [5.41, 5.74) is 5.59. The molecule has 7 heteroatoms. The highest BCUT2D eigenvalue weighted by molar-refractivity contribution is 5.99. The van der Waals surface area contributed by atoms with Crippen molar-refractivity contribution in [3.8, 4) is 17.0 Å². The Morgan fingerprint density at radius 2 is 1.93 bits per heavy atom. The van der Waals surface area contributed by atoms with Gasteiger partial charge in [0, 0.05) is 48.2 Å². The molecule has 2 N–H and O–H groups in total. The maximum Gasteiger partial charge on any atom is 0.337 e. The Bertz CT molecular complexity index is 1320. The van der Waals surface area contributed by atoms with E-state index < -0.39 is 0 Å². The molecule has 0 spiro atoms. The molecule has 216 valence electrons. The first-order valence-corrected chi connectivity index (χ1v) is 14.9. The molecule has 1 aliphatic carbocycles. The number of nitrogens with zero attached hydrogens (tertiary/aromatic N) is 2.